The molecule has 1 fully saturated rings. The summed E-state index contributed by atoms with van der Waals surface area (Å²) in [5.74, 6) is -0.357. The lowest BCUT2D eigenvalue weighted by atomic mass is 9.93. The van der Waals surface area contributed by atoms with E-state index in [-0.39, 0.29) is 11.7 Å². The molecule has 1 atom stereocenters. The SMILES string of the molecule is C[C@@]1(CCc2ccc(OC(=O)c3cc4ccccc4o3)cc2)NC(=O)NC1=O. The molecule has 0 radical (unpaired) electrons. The number of benzene rings is 2. The molecule has 0 saturated carbocycles. The minimum atomic E-state index is -0.913. The highest BCUT2D eigenvalue weighted by Gasteiger charge is 2.41. The smallest absolute Gasteiger partial charge is 0.379 e. The third kappa shape index (κ3) is 3.46. The Balaban J connectivity index is 1.38. The highest BCUT2D eigenvalue weighted by molar-refractivity contribution is 6.06. The maximum Gasteiger partial charge on any atom is 0.379 e. The van der Waals surface area contributed by atoms with Gasteiger partial charge >= 0.3 is 12.0 Å². The lowest BCUT2D eigenvalue weighted by Gasteiger charge is -2.20. The van der Waals surface area contributed by atoms with Crippen LogP contribution in [0.2, 0.25) is 0 Å². The van der Waals surface area contributed by atoms with Crippen molar-refractivity contribution in [1.82, 2.24) is 10.6 Å². The Morgan fingerprint density at radius 2 is 1.86 bits per heavy atom. The molecule has 3 amide bonds. The van der Waals surface area contributed by atoms with Crippen molar-refractivity contribution >= 4 is 28.9 Å². The van der Waals surface area contributed by atoms with E-state index in [0.717, 1.165) is 10.9 Å². The number of esters is 1. The van der Waals surface area contributed by atoms with Gasteiger partial charge in [0, 0.05) is 5.39 Å². The second kappa shape index (κ2) is 6.84. The lowest BCUT2D eigenvalue weighted by Crippen LogP contribution is -2.43. The fourth-order valence-electron chi connectivity index (χ4n) is 3.11. The molecule has 28 heavy (non-hydrogen) atoms. The van der Waals surface area contributed by atoms with E-state index in [2.05, 4.69) is 10.6 Å². The van der Waals surface area contributed by atoms with Gasteiger partial charge in [-0.2, -0.15) is 0 Å². The Bertz CT molecular complexity index is 1040. The van der Waals surface area contributed by atoms with E-state index < -0.39 is 17.5 Å². The van der Waals surface area contributed by atoms with Crippen molar-refractivity contribution in [2.24, 2.45) is 0 Å². The van der Waals surface area contributed by atoms with Crippen molar-refractivity contribution in [3.63, 3.8) is 0 Å². The van der Waals surface area contributed by atoms with Gasteiger partial charge in [-0.1, -0.05) is 30.3 Å². The van der Waals surface area contributed by atoms with Crippen LogP contribution >= 0.6 is 0 Å². The standard InChI is InChI=1S/C21H18N2O5/c1-21(19(25)22-20(26)23-21)11-10-13-6-8-15(9-7-13)27-18(24)17-12-14-4-2-3-5-16(14)28-17/h2-9,12H,10-11H2,1H3,(H2,22,23,25,26)/t21-/m0/s1. The zero-order chi connectivity index (χ0) is 19.7. The molecule has 2 aromatic carbocycles. The van der Waals surface area contributed by atoms with Crippen LogP contribution in [0.3, 0.4) is 0 Å². The Morgan fingerprint density at radius 3 is 2.54 bits per heavy atom. The van der Waals surface area contributed by atoms with Gasteiger partial charge in [0.1, 0.15) is 16.9 Å². The number of hydrogen-bond acceptors (Lipinski definition) is 5. The number of carbonyl (C=O) groups is 3. The van der Waals surface area contributed by atoms with Crippen LogP contribution in [0.25, 0.3) is 11.0 Å². The molecule has 2 heterocycles. The van der Waals surface area contributed by atoms with Gasteiger partial charge in [-0.3, -0.25) is 10.1 Å². The number of nitrogens with one attached hydrogen (secondary N) is 2. The van der Waals surface area contributed by atoms with Gasteiger partial charge in [0.2, 0.25) is 5.76 Å². The van der Waals surface area contributed by atoms with Gasteiger partial charge in [0.05, 0.1) is 0 Å². The van der Waals surface area contributed by atoms with Crippen LogP contribution < -0.4 is 15.4 Å². The summed E-state index contributed by atoms with van der Waals surface area (Å²) in [7, 11) is 0. The topological polar surface area (TPSA) is 97.6 Å². The predicted octanol–water partition coefficient (Wildman–Crippen LogP) is 3.18. The van der Waals surface area contributed by atoms with Crippen molar-refractivity contribution in [2.45, 2.75) is 25.3 Å². The third-order valence-corrected chi connectivity index (χ3v) is 4.79. The highest BCUT2D eigenvalue weighted by Crippen LogP contribution is 2.22. The minimum Gasteiger partial charge on any atom is -0.449 e. The molecule has 2 N–H and O–H groups in total. The number of para-hydroxylation sites is 1. The summed E-state index contributed by atoms with van der Waals surface area (Å²) in [4.78, 5) is 35.4. The van der Waals surface area contributed by atoms with Crippen LogP contribution in [0.15, 0.2) is 59.0 Å². The Kier molecular flexibility index (Phi) is 4.35. The van der Waals surface area contributed by atoms with Crippen molar-refractivity contribution < 1.29 is 23.5 Å². The lowest BCUT2D eigenvalue weighted by molar-refractivity contribution is -0.123. The maximum atomic E-state index is 12.3. The molecule has 142 valence electrons. The number of aryl methyl sites for hydroxylation is 1. The van der Waals surface area contributed by atoms with Crippen LogP contribution in [0.5, 0.6) is 5.75 Å². The zero-order valence-corrected chi connectivity index (χ0v) is 15.2. The van der Waals surface area contributed by atoms with E-state index in [0.29, 0.717) is 24.2 Å². The van der Waals surface area contributed by atoms with Gasteiger partial charge in [-0.05, 0) is 49.6 Å². The molecule has 1 aliphatic heterocycles. The highest BCUT2D eigenvalue weighted by atomic mass is 16.5. The molecule has 7 nitrogen and oxygen atoms in total. The van der Waals surface area contributed by atoms with E-state index in [1.807, 2.05) is 30.3 Å². The molecule has 1 saturated heterocycles. The molecule has 0 unspecified atom stereocenters. The number of carbonyl (C=O) groups excluding carboxylic acids is 3. The van der Waals surface area contributed by atoms with E-state index in [1.54, 1.807) is 31.2 Å². The molecule has 0 bridgehead atoms. The van der Waals surface area contributed by atoms with Crippen LogP contribution in [-0.4, -0.2) is 23.4 Å². The van der Waals surface area contributed by atoms with Gasteiger partial charge in [0.15, 0.2) is 0 Å². The molecule has 7 heteroatoms. The first-order valence-electron chi connectivity index (χ1n) is 8.86. The molecule has 1 aliphatic rings. The Morgan fingerprint density at radius 1 is 1.11 bits per heavy atom. The number of imide groups is 1. The average Bonchev–Trinajstić information content (AvgIpc) is 3.22. The number of hydrogen-bond donors (Lipinski definition) is 2. The summed E-state index contributed by atoms with van der Waals surface area (Å²) >= 11 is 0. The maximum absolute atomic E-state index is 12.3. The first-order chi connectivity index (χ1) is 13.4. The summed E-state index contributed by atoms with van der Waals surface area (Å²) in [6.45, 7) is 1.69. The molecular formula is C21H18N2O5. The largest absolute Gasteiger partial charge is 0.449 e. The summed E-state index contributed by atoms with van der Waals surface area (Å²) in [5.41, 5.74) is 0.670. The second-order valence-electron chi connectivity index (χ2n) is 6.92. The Hall–Kier alpha value is -3.61. The van der Waals surface area contributed by atoms with Crippen LogP contribution in [0.4, 0.5) is 4.79 Å². The first kappa shape index (κ1) is 17.8. The number of urea groups is 1. The Labute approximate surface area is 160 Å². The van der Waals surface area contributed by atoms with E-state index in [9.17, 15) is 14.4 Å². The minimum absolute atomic E-state index is 0.140. The number of fused-ring (bicyclic) bond motifs is 1. The van der Waals surface area contributed by atoms with E-state index in [4.69, 9.17) is 9.15 Å². The number of ether oxygens (including phenoxy) is 1. The van der Waals surface area contributed by atoms with Crippen LogP contribution in [0.1, 0.15) is 29.5 Å². The quantitative estimate of drug-likeness (QED) is 0.404. The summed E-state index contributed by atoms with van der Waals surface area (Å²) in [6.07, 6.45) is 1.05. The second-order valence-corrected chi connectivity index (χ2v) is 6.92. The molecule has 0 spiro atoms. The summed E-state index contributed by atoms with van der Waals surface area (Å²) in [5, 5.41) is 5.72. The summed E-state index contributed by atoms with van der Waals surface area (Å²) < 4.78 is 10.9. The number of rotatable bonds is 5. The first-order valence-corrected chi connectivity index (χ1v) is 8.86. The van der Waals surface area contributed by atoms with Gasteiger partial charge in [-0.25, -0.2) is 9.59 Å². The monoisotopic (exact) mass is 378 g/mol. The number of furan rings is 1. The number of amides is 3. The van der Waals surface area contributed by atoms with Gasteiger partial charge in [0.25, 0.3) is 5.91 Å². The summed E-state index contributed by atoms with van der Waals surface area (Å²) in [6, 6.07) is 15.5. The van der Waals surface area contributed by atoms with Crippen molar-refractivity contribution in [1.29, 1.82) is 0 Å². The normalized spacial score (nSPS) is 18.8. The molecule has 4 rings (SSSR count). The fourth-order valence-corrected chi connectivity index (χ4v) is 3.11. The molecular weight excluding hydrogens is 360 g/mol. The molecule has 0 aliphatic carbocycles. The molecule has 1 aromatic heterocycles. The van der Waals surface area contributed by atoms with Gasteiger partial charge in [-0.15, -0.1) is 0 Å². The van der Waals surface area contributed by atoms with E-state index in [1.165, 1.54) is 0 Å². The predicted molar refractivity (Wildman–Crippen MR) is 101 cm³/mol. The van der Waals surface area contributed by atoms with Gasteiger partial charge < -0.3 is 14.5 Å². The molecule has 3 aromatic rings. The van der Waals surface area contributed by atoms with E-state index >= 15 is 0 Å². The van der Waals surface area contributed by atoms with Crippen molar-refractivity contribution in [3.05, 3.63) is 65.9 Å². The average molecular weight is 378 g/mol. The fraction of sp³-hybridized carbons (Fsp3) is 0.190. The van der Waals surface area contributed by atoms with Crippen molar-refractivity contribution in [2.75, 3.05) is 0 Å². The van der Waals surface area contributed by atoms with Crippen molar-refractivity contribution in [3.8, 4) is 5.75 Å². The zero-order valence-electron chi connectivity index (χ0n) is 15.2. The van der Waals surface area contributed by atoms with Crippen LogP contribution in [0, 0.1) is 0 Å². The van der Waals surface area contributed by atoms with Crippen LogP contribution in [-0.2, 0) is 11.2 Å². The third-order valence-electron chi connectivity index (χ3n) is 4.79.